The molecule has 0 atom stereocenters. The summed E-state index contributed by atoms with van der Waals surface area (Å²) in [5, 5.41) is 2.24. The van der Waals surface area contributed by atoms with Gasteiger partial charge in [-0.15, -0.1) is 0 Å². The molecule has 3 aromatic carbocycles. The third kappa shape index (κ3) is 2.54. The van der Waals surface area contributed by atoms with Crippen molar-refractivity contribution in [2.24, 2.45) is 0 Å². The average Bonchev–Trinajstić information content (AvgIpc) is 2.47. The molecule has 0 spiro atoms. The van der Waals surface area contributed by atoms with E-state index in [1.54, 1.807) is 0 Å². The predicted octanol–water partition coefficient (Wildman–Crippen LogP) is 3.85. The Bertz CT molecular complexity index is 777. The number of carbonyl (C=O) groups excluding carboxylic acids is 1. The molecule has 0 fully saturated rings. The van der Waals surface area contributed by atoms with Crippen molar-refractivity contribution in [3.05, 3.63) is 77.9 Å². The van der Waals surface area contributed by atoms with E-state index in [0.29, 0.717) is 12.1 Å². The van der Waals surface area contributed by atoms with Crippen LogP contribution in [0.4, 0.5) is 5.69 Å². The maximum atomic E-state index is 12.3. The molecule has 3 rings (SSSR count). The first-order chi connectivity index (χ1) is 9.72. The highest BCUT2D eigenvalue weighted by atomic mass is 16.1. The zero-order valence-corrected chi connectivity index (χ0v) is 11.0. The van der Waals surface area contributed by atoms with Crippen LogP contribution in [0, 0.1) is 0 Å². The van der Waals surface area contributed by atoms with Crippen molar-refractivity contribution in [2.75, 3.05) is 5.73 Å². The van der Waals surface area contributed by atoms with Gasteiger partial charge in [-0.2, -0.15) is 0 Å². The lowest BCUT2D eigenvalue weighted by molar-refractivity contribution is 0.0993. The summed E-state index contributed by atoms with van der Waals surface area (Å²) in [5.74, 6) is 0.112. The Balaban J connectivity index is 1.88. The summed E-state index contributed by atoms with van der Waals surface area (Å²) in [6.07, 6.45) is 0.378. The molecule has 0 saturated carbocycles. The van der Waals surface area contributed by atoms with Crippen molar-refractivity contribution in [3.63, 3.8) is 0 Å². The number of anilines is 1. The Kier molecular flexibility index (Phi) is 3.21. The molecule has 0 aliphatic carbocycles. The van der Waals surface area contributed by atoms with E-state index in [4.69, 9.17) is 5.73 Å². The van der Waals surface area contributed by atoms with Gasteiger partial charge in [0.2, 0.25) is 0 Å². The van der Waals surface area contributed by atoms with Gasteiger partial charge in [-0.05, 0) is 34.5 Å². The van der Waals surface area contributed by atoms with Crippen molar-refractivity contribution in [1.82, 2.24) is 0 Å². The number of hydrogen-bond donors (Lipinski definition) is 1. The fourth-order valence-corrected chi connectivity index (χ4v) is 2.35. The summed E-state index contributed by atoms with van der Waals surface area (Å²) < 4.78 is 0. The molecule has 0 amide bonds. The van der Waals surface area contributed by atoms with Gasteiger partial charge >= 0.3 is 0 Å². The zero-order chi connectivity index (χ0) is 13.9. The van der Waals surface area contributed by atoms with Crippen molar-refractivity contribution in [3.8, 4) is 0 Å². The van der Waals surface area contributed by atoms with Crippen molar-refractivity contribution >= 4 is 22.2 Å². The molecule has 0 heterocycles. The molecule has 2 N–H and O–H groups in total. The minimum atomic E-state index is 0.112. The molecule has 0 aliphatic heterocycles. The van der Waals surface area contributed by atoms with Gasteiger partial charge in [0.25, 0.3) is 0 Å². The molecule has 3 aromatic rings. The fourth-order valence-electron chi connectivity index (χ4n) is 2.35. The van der Waals surface area contributed by atoms with Crippen LogP contribution in [0.25, 0.3) is 10.8 Å². The highest BCUT2D eigenvalue weighted by Gasteiger charge is 2.08. The van der Waals surface area contributed by atoms with Crippen LogP contribution in [0.3, 0.4) is 0 Å². The third-order valence-electron chi connectivity index (χ3n) is 3.39. The van der Waals surface area contributed by atoms with Crippen molar-refractivity contribution < 1.29 is 4.79 Å². The summed E-state index contributed by atoms with van der Waals surface area (Å²) >= 11 is 0. The molecule has 0 bridgehead atoms. The van der Waals surface area contributed by atoms with Crippen LogP contribution in [0.15, 0.2) is 66.7 Å². The van der Waals surface area contributed by atoms with E-state index in [1.807, 2.05) is 66.7 Å². The Morgan fingerprint density at radius 2 is 1.65 bits per heavy atom. The van der Waals surface area contributed by atoms with Crippen molar-refractivity contribution in [2.45, 2.75) is 6.42 Å². The summed E-state index contributed by atoms with van der Waals surface area (Å²) in [7, 11) is 0. The van der Waals surface area contributed by atoms with Gasteiger partial charge < -0.3 is 5.73 Å². The van der Waals surface area contributed by atoms with E-state index in [0.717, 1.165) is 21.9 Å². The number of nitrogen functional groups attached to an aromatic ring is 1. The molecule has 0 unspecified atom stereocenters. The van der Waals surface area contributed by atoms with Gasteiger partial charge in [0.1, 0.15) is 0 Å². The topological polar surface area (TPSA) is 43.1 Å². The Labute approximate surface area is 117 Å². The smallest absolute Gasteiger partial charge is 0.167 e. The van der Waals surface area contributed by atoms with E-state index >= 15 is 0 Å². The Morgan fingerprint density at radius 3 is 2.45 bits per heavy atom. The number of rotatable bonds is 3. The van der Waals surface area contributed by atoms with E-state index in [9.17, 15) is 4.79 Å². The number of benzene rings is 3. The molecule has 20 heavy (non-hydrogen) atoms. The summed E-state index contributed by atoms with van der Waals surface area (Å²) in [6, 6.07) is 21.3. The minimum absolute atomic E-state index is 0.112. The first-order valence-electron chi connectivity index (χ1n) is 6.59. The molecular weight excluding hydrogens is 246 g/mol. The average molecular weight is 261 g/mol. The summed E-state index contributed by atoms with van der Waals surface area (Å²) in [5.41, 5.74) is 8.11. The molecular formula is C18H15NO. The second-order valence-corrected chi connectivity index (χ2v) is 4.91. The number of carbonyl (C=O) groups is 1. The first kappa shape index (κ1) is 12.4. The van der Waals surface area contributed by atoms with Gasteiger partial charge in [-0.3, -0.25) is 4.79 Å². The Hall–Kier alpha value is -2.61. The standard InChI is InChI=1S/C18H15NO/c19-17-7-3-4-13(10-17)11-18(20)16-9-8-14-5-1-2-6-15(14)12-16/h1-10,12H,11,19H2. The molecule has 0 aromatic heterocycles. The van der Waals surface area contributed by atoms with Gasteiger partial charge in [-0.25, -0.2) is 0 Å². The third-order valence-corrected chi connectivity index (χ3v) is 3.39. The minimum Gasteiger partial charge on any atom is -0.399 e. The fraction of sp³-hybridized carbons (Fsp3) is 0.0556. The monoisotopic (exact) mass is 261 g/mol. The highest BCUT2D eigenvalue weighted by molar-refractivity contribution is 6.01. The second-order valence-electron chi connectivity index (χ2n) is 4.91. The van der Waals surface area contributed by atoms with Gasteiger partial charge in [0.05, 0.1) is 0 Å². The number of ketones is 1. The van der Waals surface area contributed by atoms with E-state index in [-0.39, 0.29) is 5.78 Å². The van der Waals surface area contributed by atoms with Crippen LogP contribution in [-0.4, -0.2) is 5.78 Å². The van der Waals surface area contributed by atoms with E-state index in [1.165, 1.54) is 0 Å². The quantitative estimate of drug-likeness (QED) is 0.575. The molecule has 2 heteroatoms. The number of nitrogens with two attached hydrogens (primary N) is 1. The number of hydrogen-bond acceptors (Lipinski definition) is 2. The lowest BCUT2D eigenvalue weighted by Gasteiger charge is -2.04. The maximum Gasteiger partial charge on any atom is 0.167 e. The molecule has 98 valence electrons. The molecule has 2 nitrogen and oxygen atoms in total. The second kappa shape index (κ2) is 5.17. The lowest BCUT2D eigenvalue weighted by Crippen LogP contribution is -2.03. The molecule has 0 aliphatic rings. The van der Waals surface area contributed by atoms with Crippen LogP contribution in [0.5, 0.6) is 0 Å². The summed E-state index contributed by atoms with van der Waals surface area (Å²) in [6.45, 7) is 0. The molecule has 0 saturated heterocycles. The van der Waals surface area contributed by atoms with Crippen LogP contribution < -0.4 is 5.73 Å². The lowest BCUT2D eigenvalue weighted by atomic mass is 10.00. The highest BCUT2D eigenvalue weighted by Crippen LogP contribution is 2.17. The van der Waals surface area contributed by atoms with Crippen molar-refractivity contribution in [1.29, 1.82) is 0 Å². The van der Waals surface area contributed by atoms with Crippen LogP contribution >= 0.6 is 0 Å². The van der Waals surface area contributed by atoms with E-state index < -0.39 is 0 Å². The van der Waals surface area contributed by atoms with Gasteiger partial charge in [0.15, 0.2) is 5.78 Å². The normalized spacial score (nSPS) is 10.6. The van der Waals surface area contributed by atoms with Crippen LogP contribution in [-0.2, 0) is 6.42 Å². The van der Waals surface area contributed by atoms with E-state index in [2.05, 4.69) is 0 Å². The SMILES string of the molecule is Nc1cccc(CC(=O)c2ccc3ccccc3c2)c1. The van der Waals surface area contributed by atoms with Gasteiger partial charge in [0, 0.05) is 17.7 Å². The number of Topliss-reactive ketones (excluding diaryl/α,β-unsaturated/α-hetero) is 1. The maximum absolute atomic E-state index is 12.3. The molecule has 0 radical (unpaired) electrons. The largest absolute Gasteiger partial charge is 0.399 e. The van der Waals surface area contributed by atoms with Crippen LogP contribution in [0.1, 0.15) is 15.9 Å². The van der Waals surface area contributed by atoms with Gasteiger partial charge in [-0.1, -0.05) is 48.5 Å². The summed E-state index contributed by atoms with van der Waals surface area (Å²) in [4.78, 5) is 12.3. The zero-order valence-electron chi connectivity index (χ0n) is 11.0. The predicted molar refractivity (Wildman–Crippen MR) is 82.8 cm³/mol. The number of fused-ring (bicyclic) bond motifs is 1. The Morgan fingerprint density at radius 1 is 0.850 bits per heavy atom. The first-order valence-corrected chi connectivity index (χ1v) is 6.59. The van der Waals surface area contributed by atoms with Crippen LogP contribution in [0.2, 0.25) is 0 Å².